The van der Waals surface area contributed by atoms with Gasteiger partial charge in [0, 0.05) is 23.8 Å². The number of anilines is 1. The molecule has 6 heteroatoms. The highest BCUT2D eigenvalue weighted by Gasteiger charge is 2.13. The molecule has 1 aromatic heterocycles. The van der Waals surface area contributed by atoms with Crippen molar-refractivity contribution in [1.82, 2.24) is 4.57 Å². The fourth-order valence-corrected chi connectivity index (χ4v) is 2.35. The van der Waals surface area contributed by atoms with E-state index < -0.39 is 0 Å². The van der Waals surface area contributed by atoms with Crippen molar-refractivity contribution in [3.05, 3.63) is 45.7 Å². The number of methoxy groups -OCH3 is 1. The molecule has 0 aliphatic carbocycles. The second kappa shape index (κ2) is 5.67. The van der Waals surface area contributed by atoms with Crippen LogP contribution in [0.4, 0.5) is 5.69 Å². The first-order chi connectivity index (χ1) is 9.01. The Morgan fingerprint density at radius 1 is 1.42 bits per heavy atom. The number of hydrogen-bond acceptors (Lipinski definition) is 2. The minimum atomic E-state index is -0.233. The number of carbonyl (C=O) groups excluding carboxylic acids is 1. The molecule has 1 heterocycles. The molecular formula is C13H12BrClN2O2. The third kappa shape index (κ3) is 3.11. The first-order valence-corrected chi connectivity index (χ1v) is 6.65. The predicted octanol–water partition coefficient (Wildman–Crippen LogP) is 3.70. The number of nitrogens with one attached hydrogen (secondary N) is 1. The standard InChI is InChI=1S/C13H12BrClN2O2/c1-17-7-8(14)5-12(17)13(18)16-11-6-9(19-2)3-4-10(11)15/h3-7H,1-2H3,(H,16,18). The van der Waals surface area contributed by atoms with Gasteiger partial charge >= 0.3 is 0 Å². The average Bonchev–Trinajstić information content (AvgIpc) is 2.71. The topological polar surface area (TPSA) is 43.3 Å². The third-order valence-electron chi connectivity index (χ3n) is 2.63. The Kier molecular flexibility index (Phi) is 4.17. The molecule has 1 aromatic carbocycles. The Morgan fingerprint density at radius 3 is 2.74 bits per heavy atom. The lowest BCUT2D eigenvalue weighted by molar-refractivity contribution is 0.101. The summed E-state index contributed by atoms with van der Waals surface area (Å²) in [4.78, 5) is 12.1. The number of amides is 1. The Hall–Kier alpha value is -1.46. The molecule has 2 rings (SSSR count). The molecule has 0 atom stereocenters. The molecule has 0 fully saturated rings. The van der Waals surface area contributed by atoms with Gasteiger partial charge in [0.1, 0.15) is 11.4 Å². The summed E-state index contributed by atoms with van der Waals surface area (Å²) in [7, 11) is 3.36. The maximum absolute atomic E-state index is 12.1. The van der Waals surface area contributed by atoms with Crippen LogP contribution in [0.3, 0.4) is 0 Å². The highest BCUT2D eigenvalue weighted by Crippen LogP contribution is 2.27. The quantitative estimate of drug-likeness (QED) is 0.923. The van der Waals surface area contributed by atoms with Crippen LogP contribution in [0, 0.1) is 0 Å². The van der Waals surface area contributed by atoms with Crippen molar-refractivity contribution in [3.8, 4) is 5.75 Å². The van der Waals surface area contributed by atoms with Gasteiger partial charge < -0.3 is 14.6 Å². The lowest BCUT2D eigenvalue weighted by atomic mass is 10.3. The lowest BCUT2D eigenvalue weighted by Gasteiger charge is -2.09. The highest BCUT2D eigenvalue weighted by atomic mass is 79.9. The van der Waals surface area contributed by atoms with E-state index in [1.807, 2.05) is 6.20 Å². The number of aryl methyl sites for hydroxylation is 1. The van der Waals surface area contributed by atoms with Crippen LogP contribution < -0.4 is 10.1 Å². The SMILES string of the molecule is COc1ccc(Cl)c(NC(=O)c2cc(Br)cn2C)c1. The number of carbonyl (C=O) groups is 1. The summed E-state index contributed by atoms with van der Waals surface area (Å²) in [6.45, 7) is 0. The Morgan fingerprint density at radius 2 is 2.16 bits per heavy atom. The van der Waals surface area contributed by atoms with Crippen LogP contribution in [0.5, 0.6) is 5.75 Å². The first kappa shape index (κ1) is 14.0. The third-order valence-corrected chi connectivity index (χ3v) is 3.39. The number of nitrogens with zero attached hydrogens (tertiary/aromatic N) is 1. The van der Waals surface area contributed by atoms with E-state index in [0.29, 0.717) is 22.2 Å². The zero-order valence-corrected chi connectivity index (χ0v) is 12.7. The molecule has 0 bridgehead atoms. The van der Waals surface area contributed by atoms with Crippen molar-refractivity contribution >= 4 is 39.1 Å². The average molecular weight is 344 g/mol. The molecule has 0 radical (unpaired) electrons. The summed E-state index contributed by atoms with van der Waals surface area (Å²) < 4.78 is 7.68. The summed E-state index contributed by atoms with van der Waals surface area (Å²) in [6, 6.07) is 6.83. The van der Waals surface area contributed by atoms with Gasteiger partial charge in [0.25, 0.3) is 5.91 Å². The van der Waals surface area contributed by atoms with Crippen molar-refractivity contribution in [1.29, 1.82) is 0 Å². The van der Waals surface area contributed by atoms with Gasteiger partial charge in [0.15, 0.2) is 0 Å². The smallest absolute Gasteiger partial charge is 0.272 e. The number of hydrogen-bond donors (Lipinski definition) is 1. The van der Waals surface area contributed by atoms with Gasteiger partial charge in [-0.05, 0) is 34.1 Å². The molecule has 1 amide bonds. The minimum Gasteiger partial charge on any atom is -0.497 e. The molecule has 4 nitrogen and oxygen atoms in total. The first-order valence-electron chi connectivity index (χ1n) is 5.48. The molecule has 0 spiro atoms. The summed E-state index contributed by atoms with van der Waals surface area (Å²) in [5.41, 5.74) is 1.05. The van der Waals surface area contributed by atoms with E-state index in [-0.39, 0.29) is 5.91 Å². The van der Waals surface area contributed by atoms with E-state index in [2.05, 4.69) is 21.2 Å². The summed E-state index contributed by atoms with van der Waals surface area (Å²) in [5, 5.41) is 3.22. The van der Waals surface area contributed by atoms with Crippen LogP contribution >= 0.6 is 27.5 Å². The number of halogens is 2. The molecular weight excluding hydrogens is 332 g/mol. The van der Waals surface area contributed by atoms with Crippen LogP contribution in [0.2, 0.25) is 5.02 Å². The van der Waals surface area contributed by atoms with Crippen molar-refractivity contribution in [2.24, 2.45) is 7.05 Å². The largest absolute Gasteiger partial charge is 0.497 e. The Balaban J connectivity index is 2.26. The van der Waals surface area contributed by atoms with E-state index >= 15 is 0 Å². The summed E-state index contributed by atoms with van der Waals surface area (Å²) in [6.07, 6.45) is 1.81. The molecule has 0 aliphatic heterocycles. The van der Waals surface area contributed by atoms with Crippen molar-refractivity contribution in [2.75, 3.05) is 12.4 Å². The molecule has 0 unspecified atom stereocenters. The Labute approximate surface area is 124 Å². The molecule has 100 valence electrons. The van der Waals surface area contributed by atoms with E-state index in [4.69, 9.17) is 16.3 Å². The van der Waals surface area contributed by atoms with E-state index in [0.717, 1.165) is 4.47 Å². The van der Waals surface area contributed by atoms with Crippen molar-refractivity contribution in [3.63, 3.8) is 0 Å². The van der Waals surface area contributed by atoms with Gasteiger partial charge in [0.05, 0.1) is 17.8 Å². The molecule has 2 aromatic rings. The summed E-state index contributed by atoms with van der Waals surface area (Å²) in [5.74, 6) is 0.399. The maximum atomic E-state index is 12.1. The minimum absolute atomic E-state index is 0.233. The maximum Gasteiger partial charge on any atom is 0.272 e. The van der Waals surface area contributed by atoms with E-state index in [9.17, 15) is 4.79 Å². The molecule has 0 saturated heterocycles. The zero-order chi connectivity index (χ0) is 14.0. The van der Waals surface area contributed by atoms with Gasteiger partial charge in [0.2, 0.25) is 0 Å². The van der Waals surface area contributed by atoms with E-state index in [1.165, 1.54) is 0 Å². The monoisotopic (exact) mass is 342 g/mol. The van der Waals surface area contributed by atoms with Crippen LogP contribution in [0.15, 0.2) is 34.9 Å². The Bertz CT molecular complexity index is 625. The predicted molar refractivity (Wildman–Crippen MR) is 79.1 cm³/mol. The molecule has 1 N–H and O–H groups in total. The number of benzene rings is 1. The van der Waals surface area contributed by atoms with Crippen LogP contribution in [0.1, 0.15) is 10.5 Å². The van der Waals surface area contributed by atoms with Gasteiger partial charge in [-0.25, -0.2) is 0 Å². The summed E-state index contributed by atoms with van der Waals surface area (Å²) >= 11 is 9.37. The second-order valence-electron chi connectivity index (χ2n) is 3.95. The molecule has 19 heavy (non-hydrogen) atoms. The number of ether oxygens (including phenoxy) is 1. The van der Waals surface area contributed by atoms with Crippen LogP contribution in [-0.4, -0.2) is 17.6 Å². The second-order valence-corrected chi connectivity index (χ2v) is 5.28. The van der Waals surface area contributed by atoms with Crippen LogP contribution in [-0.2, 0) is 7.05 Å². The van der Waals surface area contributed by atoms with Crippen molar-refractivity contribution < 1.29 is 9.53 Å². The highest BCUT2D eigenvalue weighted by molar-refractivity contribution is 9.10. The van der Waals surface area contributed by atoms with Gasteiger partial charge in [-0.1, -0.05) is 11.6 Å². The normalized spacial score (nSPS) is 10.3. The van der Waals surface area contributed by atoms with Gasteiger partial charge in [-0.3, -0.25) is 4.79 Å². The fraction of sp³-hybridized carbons (Fsp3) is 0.154. The molecule has 0 saturated carbocycles. The van der Waals surface area contributed by atoms with Crippen molar-refractivity contribution in [2.45, 2.75) is 0 Å². The molecule has 0 aliphatic rings. The van der Waals surface area contributed by atoms with Gasteiger partial charge in [-0.2, -0.15) is 0 Å². The van der Waals surface area contributed by atoms with Gasteiger partial charge in [-0.15, -0.1) is 0 Å². The fourth-order valence-electron chi connectivity index (χ4n) is 1.66. The lowest BCUT2D eigenvalue weighted by Crippen LogP contribution is -2.15. The zero-order valence-electron chi connectivity index (χ0n) is 10.4. The number of aromatic nitrogens is 1. The number of rotatable bonds is 3. The van der Waals surface area contributed by atoms with E-state index in [1.54, 1.807) is 43.0 Å². The van der Waals surface area contributed by atoms with Crippen LogP contribution in [0.25, 0.3) is 0 Å².